The van der Waals surface area contributed by atoms with Gasteiger partial charge < -0.3 is 0 Å². The zero-order valence-corrected chi connectivity index (χ0v) is 5.99. The van der Waals surface area contributed by atoms with Gasteiger partial charge in [-0.05, 0) is 11.8 Å². The summed E-state index contributed by atoms with van der Waals surface area (Å²) in [6.07, 6.45) is 7.12. The molecule has 0 heteroatoms. The molecular formula is C8H14. The highest BCUT2D eigenvalue weighted by molar-refractivity contribution is 4.85. The van der Waals surface area contributed by atoms with Crippen LogP contribution in [0.25, 0.3) is 0 Å². The first-order valence-corrected chi connectivity index (χ1v) is 3.00. The molecule has 0 spiro atoms. The Morgan fingerprint density at radius 3 is 2.00 bits per heavy atom. The fourth-order valence-electron chi connectivity index (χ4n) is 0.447. The Morgan fingerprint density at radius 2 is 1.88 bits per heavy atom. The van der Waals surface area contributed by atoms with Crippen molar-refractivity contribution in [2.75, 3.05) is 0 Å². The smallest absolute Gasteiger partial charge is 0.00910 e. The second kappa shape index (κ2) is 2.77. The van der Waals surface area contributed by atoms with Crippen LogP contribution >= 0.6 is 0 Å². The van der Waals surface area contributed by atoms with E-state index in [0.717, 1.165) is 12.8 Å². The van der Waals surface area contributed by atoms with E-state index in [4.69, 9.17) is 6.42 Å². The van der Waals surface area contributed by atoms with Crippen LogP contribution in [0, 0.1) is 17.8 Å². The summed E-state index contributed by atoms with van der Waals surface area (Å²) in [6.45, 7) is 6.60. The van der Waals surface area contributed by atoms with Gasteiger partial charge in [0.15, 0.2) is 0 Å². The number of terminal acetylenes is 1. The van der Waals surface area contributed by atoms with Gasteiger partial charge in [0, 0.05) is 6.42 Å². The van der Waals surface area contributed by atoms with Crippen LogP contribution in [0.15, 0.2) is 0 Å². The van der Waals surface area contributed by atoms with Crippen LogP contribution in [0.5, 0.6) is 0 Å². The Morgan fingerprint density at radius 1 is 1.38 bits per heavy atom. The molecule has 0 aliphatic carbocycles. The lowest BCUT2D eigenvalue weighted by molar-refractivity contribution is 0.384. The molecule has 0 amide bonds. The van der Waals surface area contributed by atoms with Crippen molar-refractivity contribution in [1.82, 2.24) is 0 Å². The quantitative estimate of drug-likeness (QED) is 0.455. The number of rotatable bonds is 1. The number of hydrogen-bond acceptors (Lipinski definition) is 0. The molecule has 0 aromatic heterocycles. The molecule has 0 saturated carbocycles. The molecule has 0 nitrogen and oxygen atoms in total. The van der Waals surface area contributed by atoms with Gasteiger partial charge in [-0.1, -0.05) is 20.8 Å². The van der Waals surface area contributed by atoms with E-state index in [0.29, 0.717) is 5.41 Å². The molecule has 0 radical (unpaired) electrons. The lowest BCUT2D eigenvalue weighted by atomic mass is 9.91. The molecule has 0 aliphatic rings. The fraction of sp³-hybridized carbons (Fsp3) is 0.750. The summed E-state index contributed by atoms with van der Waals surface area (Å²) in [5.41, 5.74) is 0.409. The third-order valence-corrected chi connectivity index (χ3v) is 1.02. The Kier molecular flexibility index (Phi) is 2.62. The van der Waals surface area contributed by atoms with Crippen LogP contribution in [0.2, 0.25) is 0 Å². The molecule has 46 valence electrons. The normalized spacial score (nSPS) is 10.8. The summed E-state index contributed by atoms with van der Waals surface area (Å²) >= 11 is 0. The van der Waals surface area contributed by atoms with Crippen LogP contribution in [-0.4, -0.2) is 0 Å². The lowest BCUT2D eigenvalue weighted by Gasteiger charge is -2.14. The van der Waals surface area contributed by atoms with Gasteiger partial charge in [-0.3, -0.25) is 0 Å². The predicted molar refractivity (Wildman–Crippen MR) is 37.5 cm³/mol. The highest BCUT2D eigenvalue weighted by Gasteiger charge is 2.07. The molecule has 0 N–H and O–H groups in total. The van der Waals surface area contributed by atoms with Crippen molar-refractivity contribution in [2.45, 2.75) is 33.6 Å². The van der Waals surface area contributed by atoms with Gasteiger partial charge >= 0.3 is 0 Å². The summed E-state index contributed by atoms with van der Waals surface area (Å²) in [4.78, 5) is 0. The van der Waals surface area contributed by atoms with Crippen molar-refractivity contribution >= 4 is 0 Å². The van der Waals surface area contributed by atoms with Gasteiger partial charge in [0.05, 0.1) is 0 Å². The largest absolute Gasteiger partial charge is 0.120 e. The Balaban J connectivity index is 3.28. The van der Waals surface area contributed by atoms with Crippen molar-refractivity contribution in [2.24, 2.45) is 5.41 Å². The highest BCUT2D eigenvalue weighted by Crippen LogP contribution is 2.19. The molecule has 0 atom stereocenters. The van der Waals surface area contributed by atoms with Crippen molar-refractivity contribution in [1.29, 1.82) is 0 Å². The number of hydrogen-bond donors (Lipinski definition) is 0. The minimum Gasteiger partial charge on any atom is -0.120 e. The first kappa shape index (κ1) is 7.56. The first-order chi connectivity index (χ1) is 3.56. The zero-order valence-electron chi connectivity index (χ0n) is 5.99. The maximum Gasteiger partial charge on any atom is 0.00910 e. The summed E-state index contributed by atoms with van der Waals surface area (Å²) < 4.78 is 0. The highest BCUT2D eigenvalue weighted by atomic mass is 14.1. The molecule has 0 heterocycles. The summed E-state index contributed by atoms with van der Waals surface area (Å²) in [7, 11) is 0. The third-order valence-electron chi connectivity index (χ3n) is 1.02. The van der Waals surface area contributed by atoms with Crippen molar-refractivity contribution in [3.8, 4) is 12.3 Å². The summed E-state index contributed by atoms with van der Waals surface area (Å²) in [5.74, 6) is 2.62. The Bertz CT molecular complexity index is 87.6. The van der Waals surface area contributed by atoms with E-state index in [1.165, 1.54) is 0 Å². The predicted octanol–water partition coefficient (Wildman–Crippen LogP) is 2.45. The minimum absolute atomic E-state index is 0.409. The molecule has 0 aromatic carbocycles. The average molecular weight is 110 g/mol. The van der Waals surface area contributed by atoms with Gasteiger partial charge in [-0.15, -0.1) is 12.3 Å². The topological polar surface area (TPSA) is 0 Å². The van der Waals surface area contributed by atoms with Gasteiger partial charge in [-0.25, -0.2) is 0 Å². The molecule has 0 aliphatic heterocycles. The Hall–Kier alpha value is -0.440. The monoisotopic (exact) mass is 110 g/mol. The second-order valence-electron chi connectivity index (χ2n) is 3.26. The van der Waals surface area contributed by atoms with Gasteiger partial charge in [0.2, 0.25) is 0 Å². The minimum atomic E-state index is 0.409. The summed E-state index contributed by atoms with van der Waals surface area (Å²) in [6, 6.07) is 0. The van der Waals surface area contributed by atoms with Gasteiger partial charge in [-0.2, -0.15) is 0 Å². The SMILES string of the molecule is C#CCCC(C)(C)C. The summed E-state index contributed by atoms with van der Waals surface area (Å²) in [5, 5.41) is 0. The van der Waals surface area contributed by atoms with E-state index in [-0.39, 0.29) is 0 Å². The third kappa shape index (κ3) is 5.56. The molecule has 0 fully saturated rings. The van der Waals surface area contributed by atoms with Crippen LogP contribution in [-0.2, 0) is 0 Å². The first-order valence-electron chi connectivity index (χ1n) is 3.00. The fourth-order valence-corrected chi connectivity index (χ4v) is 0.447. The standard InChI is InChI=1S/C8H14/c1-5-6-7-8(2,3)4/h1H,6-7H2,2-4H3. The van der Waals surface area contributed by atoms with E-state index < -0.39 is 0 Å². The van der Waals surface area contributed by atoms with Crippen molar-refractivity contribution < 1.29 is 0 Å². The molecule has 0 rings (SSSR count). The van der Waals surface area contributed by atoms with E-state index in [9.17, 15) is 0 Å². The van der Waals surface area contributed by atoms with Crippen molar-refractivity contribution in [3.05, 3.63) is 0 Å². The molecule has 0 aromatic rings. The molecule has 0 saturated heterocycles. The van der Waals surface area contributed by atoms with E-state index >= 15 is 0 Å². The van der Waals surface area contributed by atoms with Crippen molar-refractivity contribution in [3.63, 3.8) is 0 Å². The van der Waals surface area contributed by atoms with Crippen LogP contribution in [0.3, 0.4) is 0 Å². The van der Waals surface area contributed by atoms with Crippen LogP contribution < -0.4 is 0 Å². The molecule has 0 unspecified atom stereocenters. The zero-order chi connectivity index (χ0) is 6.62. The molecular weight excluding hydrogens is 96.1 g/mol. The van der Waals surface area contributed by atoms with Gasteiger partial charge in [0.1, 0.15) is 0 Å². The van der Waals surface area contributed by atoms with E-state index in [1.807, 2.05) is 0 Å². The second-order valence-corrected chi connectivity index (χ2v) is 3.26. The van der Waals surface area contributed by atoms with Gasteiger partial charge in [0.25, 0.3) is 0 Å². The lowest BCUT2D eigenvalue weighted by Crippen LogP contribution is -2.02. The van der Waals surface area contributed by atoms with E-state index in [2.05, 4.69) is 26.7 Å². The van der Waals surface area contributed by atoms with E-state index in [1.54, 1.807) is 0 Å². The Labute approximate surface area is 52.3 Å². The molecule has 8 heavy (non-hydrogen) atoms. The average Bonchev–Trinajstić information content (AvgIpc) is 1.59. The maximum absolute atomic E-state index is 5.09. The van der Waals surface area contributed by atoms with Crippen LogP contribution in [0.1, 0.15) is 33.6 Å². The maximum atomic E-state index is 5.09. The van der Waals surface area contributed by atoms with Crippen LogP contribution in [0.4, 0.5) is 0 Å². The molecule has 0 bridgehead atoms.